The maximum Gasteiger partial charge on any atom is 0.295 e. The first-order valence-corrected chi connectivity index (χ1v) is 10.8. The Balaban J connectivity index is 1.72. The Labute approximate surface area is 185 Å². The van der Waals surface area contributed by atoms with Crippen molar-refractivity contribution in [3.63, 3.8) is 0 Å². The van der Waals surface area contributed by atoms with Crippen LogP contribution in [0.5, 0.6) is 5.75 Å². The van der Waals surface area contributed by atoms with Crippen molar-refractivity contribution in [2.75, 3.05) is 11.5 Å². The summed E-state index contributed by atoms with van der Waals surface area (Å²) in [5.41, 5.74) is 3.18. The van der Waals surface area contributed by atoms with Crippen molar-refractivity contribution in [3.8, 4) is 5.75 Å². The number of amides is 1. The molecule has 1 aliphatic rings. The van der Waals surface area contributed by atoms with Crippen molar-refractivity contribution in [3.05, 3.63) is 105 Å². The Bertz CT molecular complexity index is 1370. The van der Waals surface area contributed by atoms with Gasteiger partial charge in [-0.15, -0.1) is 0 Å². The number of carbonyl (C=O) groups excluding carboxylic acids is 1. The smallest absolute Gasteiger partial charge is 0.295 e. The lowest BCUT2D eigenvalue weighted by Gasteiger charge is -2.25. The van der Waals surface area contributed by atoms with Gasteiger partial charge >= 0.3 is 0 Å². The van der Waals surface area contributed by atoms with E-state index in [1.807, 2.05) is 55.5 Å². The van der Waals surface area contributed by atoms with Gasteiger partial charge in [0.05, 0.1) is 23.6 Å². The number of ether oxygens (including phenoxy) is 1. The first kappa shape index (κ1) is 20.1. The number of anilines is 1. The van der Waals surface area contributed by atoms with Crippen LogP contribution in [0.3, 0.4) is 0 Å². The van der Waals surface area contributed by atoms with Gasteiger partial charge in [0.25, 0.3) is 5.91 Å². The van der Waals surface area contributed by atoms with Gasteiger partial charge in [-0.3, -0.25) is 14.5 Å². The topological polar surface area (TPSA) is 59.8 Å². The van der Waals surface area contributed by atoms with E-state index < -0.39 is 6.04 Å². The Kier molecular flexibility index (Phi) is 5.02. The number of benzene rings is 3. The Morgan fingerprint density at radius 1 is 0.969 bits per heavy atom. The molecule has 0 saturated heterocycles. The zero-order valence-corrected chi connectivity index (χ0v) is 18.0. The predicted octanol–water partition coefficient (Wildman–Crippen LogP) is 5.64. The zero-order chi connectivity index (χ0) is 22.2. The third-order valence-electron chi connectivity index (χ3n) is 5.73. The van der Waals surface area contributed by atoms with Gasteiger partial charge in [-0.25, -0.2) is 0 Å². The van der Waals surface area contributed by atoms with Crippen molar-refractivity contribution in [2.24, 2.45) is 0 Å². The van der Waals surface area contributed by atoms with E-state index in [0.717, 1.165) is 29.0 Å². The van der Waals surface area contributed by atoms with Crippen LogP contribution in [-0.2, 0) is 0 Å². The highest BCUT2D eigenvalue weighted by Crippen LogP contribution is 2.41. The molecule has 0 radical (unpaired) electrons. The average Bonchev–Trinajstić information content (AvgIpc) is 3.11. The summed E-state index contributed by atoms with van der Waals surface area (Å²) in [4.78, 5) is 28.8. The Morgan fingerprint density at radius 3 is 2.50 bits per heavy atom. The minimum absolute atomic E-state index is 0.103. The molecule has 160 valence electrons. The van der Waals surface area contributed by atoms with Crippen LogP contribution in [0.2, 0.25) is 0 Å². The van der Waals surface area contributed by atoms with Gasteiger partial charge in [-0.1, -0.05) is 43.3 Å². The number of fused-ring (bicyclic) bond motifs is 2. The molecule has 0 N–H and O–H groups in total. The summed E-state index contributed by atoms with van der Waals surface area (Å²) in [5, 5.41) is 0.470. The fourth-order valence-electron chi connectivity index (χ4n) is 4.25. The molecule has 2 heterocycles. The summed E-state index contributed by atoms with van der Waals surface area (Å²) in [6.07, 6.45) is 0.918. The van der Waals surface area contributed by atoms with Crippen LogP contribution in [-0.4, -0.2) is 12.5 Å². The lowest BCUT2D eigenvalue weighted by molar-refractivity contribution is 0.0971. The van der Waals surface area contributed by atoms with E-state index in [1.54, 1.807) is 29.2 Å². The van der Waals surface area contributed by atoms with Crippen molar-refractivity contribution in [1.29, 1.82) is 0 Å². The molecular formula is C27H23NO4. The molecule has 1 atom stereocenters. The molecule has 1 aliphatic heterocycles. The number of para-hydroxylation sites is 1. The lowest BCUT2D eigenvalue weighted by atomic mass is 9.98. The van der Waals surface area contributed by atoms with Crippen LogP contribution in [0.25, 0.3) is 11.0 Å². The second-order valence-corrected chi connectivity index (χ2v) is 8.00. The molecule has 5 nitrogen and oxygen atoms in total. The molecule has 0 saturated carbocycles. The number of hydrogen-bond donors (Lipinski definition) is 0. The molecule has 5 rings (SSSR count). The van der Waals surface area contributed by atoms with E-state index in [2.05, 4.69) is 6.92 Å². The Hall–Kier alpha value is -3.86. The van der Waals surface area contributed by atoms with Crippen molar-refractivity contribution >= 4 is 22.6 Å². The molecule has 1 unspecified atom stereocenters. The summed E-state index contributed by atoms with van der Waals surface area (Å²) >= 11 is 0. The van der Waals surface area contributed by atoms with Gasteiger partial charge in [-0.05, 0) is 60.9 Å². The van der Waals surface area contributed by atoms with Crippen LogP contribution in [0, 0.1) is 6.92 Å². The normalized spacial score (nSPS) is 15.2. The number of hydrogen-bond acceptors (Lipinski definition) is 4. The summed E-state index contributed by atoms with van der Waals surface area (Å²) in [7, 11) is 0. The second kappa shape index (κ2) is 8.00. The lowest BCUT2D eigenvalue weighted by Crippen LogP contribution is -2.29. The highest BCUT2D eigenvalue weighted by atomic mass is 16.5. The third kappa shape index (κ3) is 3.26. The SMILES string of the molecule is CCCOc1ccc(C2c3c(oc4ccccc4c3=O)C(=O)N2c2cccc(C)c2)cc1. The highest BCUT2D eigenvalue weighted by molar-refractivity contribution is 6.10. The molecule has 32 heavy (non-hydrogen) atoms. The maximum absolute atomic E-state index is 13.6. The van der Waals surface area contributed by atoms with E-state index >= 15 is 0 Å². The summed E-state index contributed by atoms with van der Waals surface area (Å²) in [6.45, 7) is 4.66. The van der Waals surface area contributed by atoms with Gasteiger partial charge in [0.2, 0.25) is 5.76 Å². The molecule has 0 aliphatic carbocycles. The summed E-state index contributed by atoms with van der Waals surface area (Å²) in [6, 6.07) is 21.8. The van der Waals surface area contributed by atoms with Gasteiger partial charge < -0.3 is 9.15 Å². The standard InChI is InChI=1S/C27H23NO4/c1-3-15-31-20-13-11-18(12-14-20)24-23-25(29)21-9-4-5-10-22(21)32-26(23)27(30)28(24)19-8-6-7-17(2)16-19/h4-14,16,24H,3,15H2,1-2H3. The summed E-state index contributed by atoms with van der Waals surface area (Å²) in [5.74, 6) is 0.545. The molecule has 1 amide bonds. The van der Waals surface area contributed by atoms with Crippen LogP contribution >= 0.6 is 0 Å². The quantitative estimate of drug-likeness (QED) is 0.415. The van der Waals surface area contributed by atoms with Gasteiger partial charge in [0.1, 0.15) is 11.3 Å². The molecular weight excluding hydrogens is 402 g/mol. The van der Waals surface area contributed by atoms with Crippen LogP contribution in [0.1, 0.15) is 46.6 Å². The number of carbonyl (C=O) groups is 1. The molecule has 4 aromatic rings. The van der Waals surface area contributed by atoms with Crippen molar-refractivity contribution < 1.29 is 13.9 Å². The monoisotopic (exact) mass is 425 g/mol. The predicted molar refractivity (Wildman–Crippen MR) is 125 cm³/mol. The first-order valence-electron chi connectivity index (χ1n) is 10.8. The second-order valence-electron chi connectivity index (χ2n) is 8.00. The van der Waals surface area contributed by atoms with Crippen LogP contribution in [0.15, 0.2) is 82.0 Å². The van der Waals surface area contributed by atoms with Gasteiger partial charge in [-0.2, -0.15) is 0 Å². The number of rotatable bonds is 5. The fraction of sp³-hybridized carbons (Fsp3) is 0.185. The Morgan fingerprint density at radius 2 is 1.75 bits per heavy atom. The van der Waals surface area contributed by atoms with Gasteiger partial charge in [0.15, 0.2) is 5.43 Å². The zero-order valence-electron chi connectivity index (χ0n) is 18.0. The molecule has 1 aromatic heterocycles. The van der Waals surface area contributed by atoms with E-state index in [0.29, 0.717) is 23.1 Å². The molecule has 0 bridgehead atoms. The number of nitrogens with zero attached hydrogens (tertiary/aromatic N) is 1. The third-order valence-corrected chi connectivity index (χ3v) is 5.73. The molecule has 3 aromatic carbocycles. The van der Waals surface area contributed by atoms with Crippen molar-refractivity contribution in [1.82, 2.24) is 0 Å². The van der Waals surface area contributed by atoms with E-state index in [9.17, 15) is 9.59 Å². The van der Waals surface area contributed by atoms with Crippen LogP contribution < -0.4 is 15.1 Å². The largest absolute Gasteiger partial charge is 0.494 e. The molecule has 0 spiro atoms. The first-order chi connectivity index (χ1) is 15.6. The summed E-state index contributed by atoms with van der Waals surface area (Å²) < 4.78 is 11.7. The molecule has 5 heteroatoms. The van der Waals surface area contributed by atoms with E-state index in [-0.39, 0.29) is 17.1 Å². The van der Waals surface area contributed by atoms with E-state index in [4.69, 9.17) is 9.15 Å². The van der Waals surface area contributed by atoms with Gasteiger partial charge in [0, 0.05) is 5.69 Å². The minimum atomic E-state index is -0.583. The van der Waals surface area contributed by atoms with E-state index in [1.165, 1.54) is 0 Å². The van der Waals surface area contributed by atoms with Crippen molar-refractivity contribution in [2.45, 2.75) is 26.3 Å². The highest BCUT2D eigenvalue weighted by Gasteiger charge is 2.43. The van der Waals surface area contributed by atoms with Crippen LogP contribution in [0.4, 0.5) is 5.69 Å². The maximum atomic E-state index is 13.6. The average molecular weight is 425 g/mol. The minimum Gasteiger partial charge on any atom is -0.494 e. The molecule has 0 fully saturated rings. The number of aryl methyl sites for hydroxylation is 1. The fourth-order valence-corrected chi connectivity index (χ4v) is 4.25.